The van der Waals surface area contributed by atoms with Crippen molar-refractivity contribution in [1.82, 2.24) is 19.8 Å². The predicted octanol–water partition coefficient (Wildman–Crippen LogP) is 4.67. The topological polar surface area (TPSA) is 50.2 Å². The van der Waals surface area contributed by atoms with Gasteiger partial charge in [0.1, 0.15) is 0 Å². The van der Waals surface area contributed by atoms with Crippen molar-refractivity contribution >= 4 is 29.0 Å². The summed E-state index contributed by atoms with van der Waals surface area (Å²) in [6.07, 6.45) is 6.05. The van der Waals surface area contributed by atoms with Crippen molar-refractivity contribution in [1.29, 1.82) is 0 Å². The smallest absolute Gasteiger partial charge is 0.230 e. The summed E-state index contributed by atoms with van der Waals surface area (Å²) in [6.45, 7) is 8.25. The second-order valence-corrected chi connectivity index (χ2v) is 10.3. The number of likely N-dealkylation sites (tertiary alicyclic amines) is 1. The van der Waals surface area contributed by atoms with E-state index in [-0.39, 0.29) is 5.91 Å². The molecule has 1 aliphatic rings. The molecule has 1 fully saturated rings. The van der Waals surface area contributed by atoms with Crippen LogP contribution in [0.15, 0.2) is 53.3 Å². The third-order valence-electron chi connectivity index (χ3n) is 5.68. The number of benzene rings is 1. The number of imidazole rings is 1. The van der Waals surface area contributed by atoms with Crippen LogP contribution < -0.4 is 5.32 Å². The van der Waals surface area contributed by atoms with E-state index in [2.05, 4.69) is 69.3 Å². The number of nitrogens with zero attached hydrogens (tertiary/aromatic N) is 3. The largest absolute Gasteiger partial charge is 0.355 e. The molecular formula is C24H30N4OS2. The molecule has 1 aliphatic heterocycles. The van der Waals surface area contributed by atoms with Gasteiger partial charge < -0.3 is 5.32 Å². The molecule has 1 saturated heterocycles. The number of thiophene rings is 1. The van der Waals surface area contributed by atoms with E-state index in [4.69, 9.17) is 0 Å². The van der Waals surface area contributed by atoms with Crippen LogP contribution in [-0.4, -0.2) is 45.7 Å². The first kappa shape index (κ1) is 22.1. The fourth-order valence-electron chi connectivity index (χ4n) is 4.09. The number of rotatable bonds is 8. The van der Waals surface area contributed by atoms with Gasteiger partial charge in [-0.25, -0.2) is 4.98 Å². The molecule has 5 nitrogen and oxygen atoms in total. The predicted molar refractivity (Wildman–Crippen MR) is 129 cm³/mol. The second-order valence-electron chi connectivity index (χ2n) is 8.32. The van der Waals surface area contributed by atoms with Crippen LogP contribution in [0, 0.1) is 19.8 Å². The molecule has 4 rings (SSSR count). The summed E-state index contributed by atoms with van der Waals surface area (Å²) in [5.41, 5.74) is 3.53. The van der Waals surface area contributed by atoms with Gasteiger partial charge in [0.15, 0.2) is 5.16 Å². The molecule has 1 aromatic carbocycles. The number of hydrogen-bond acceptors (Lipinski definition) is 5. The Bertz CT molecular complexity index is 971. The molecule has 0 radical (unpaired) electrons. The number of aromatic nitrogens is 2. The summed E-state index contributed by atoms with van der Waals surface area (Å²) in [5.74, 6) is 1.05. The van der Waals surface area contributed by atoms with E-state index in [0.717, 1.165) is 49.9 Å². The zero-order valence-corrected chi connectivity index (χ0v) is 19.8. The van der Waals surface area contributed by atoms with E-state index < -0.39 is 0 Å². The SMILES string of the molecule is Cc1cc(C)cc(-n2ccnc2SCC(=O)NCC2CCN(Cc3cccs3)CC2)c1. The van der Waals surface area contributed by atoms with Gasteiger partial charge in [-0.15, -0.1) is 11.3 Å². The van der Waals surface area contributed by atoms with Crippen molar-refractivity contribution in [3.63, 3.8) is 0 Å². The van der Waals surface area contributed by atoms with Crippen molar-refractivity contribution < 1.29 is 4.79 Å². The summed E-state index contributed by atoms with van der Waals surface area (Å²) in [7, 11) is 0. The van der Waals surface area contributed by atoms with Crippen LogP contribution in [0.3, 0.4) is 0 Å². The highest BCUT2D eigenvalue weighted by Gasteiger charge is 2.20. The Balaban J connectivity index is 1.21. The summed E-state index contributed by atoms with van der Waals surface area (Å²) in [6, 6.07) is 10.8. The van der Waals surface area contributed by atoms with Gasteiger partial charge in [-0.1, -0.05) is 23.9 Å². The van der Waals surface area contributed by atoms with Crippen LogP contribution in [0.2, 0.25) is 0 Å². The fraction of sp³-hybridized carbons (Fsp3) is 0.417. The number of hydrogen-bond donors (Lipinski definition) is 1. The summed E-state index contributed by atoms with van der Waals surface area (Å²) in [4.78, 5) is 20.8. The molecule has 7 heteroatoms. The third kappa shape index (κ3) is 6.21. The molecule has 0 atom stereocenters. The van der Waals surface area contributed by atoms with Gasteiger partial charge in [-0.05, 0) is 80.4 Å². The third-order valence-corrected chi connectivity index (χ3v) is 7.51. The van der Waals surface area contributed by atoms with Gasteiger partial charge >= 0.3 is 0 Å². The number of thioether (sulfide) groups is 1. The Hall–Kier alpha value is -2.09. The molecule has 0 saturated carbocycles. The van der Waals surface area contributed by atoms with Gasteiger partial charge in [0, 0.05) is 36.0 Å². The highest BCUT2D eigenvalue weighted by atomic mass is 32.2. The van der Waals surface area contributed by atoms with Crippen LogP contribution in [0.5, 0.6) is 0 Å². The van der Waals surface area contributed by atoms with Crippen molar-refractivity contribution in [2.75, 3.05) is 25.4 Å². The Morgan fingerprint density at radius 2 is 2.00 bits per heavy atom. The normalized spacial score (nSPS) is 15.3. The minimum absolute atomic E-state index is 0.0842. The molecule has 0 aliphatic carbocycles. The Labute approximate surface area is 192 Å². The van der Waals surface area contributed by atoms with Crippen LogP contribution >= 0.6 is 23.1 Å². The Kier molecular flexibility index (Phi) is 7.48. The molecule has 3 heterocycles. The number of amides is 1. The summed E-state index contributed by atoms with van der Waals surface area (Å²) >= 11 is 3.32. The van der Waals surface area contributed by atoms with Crippen molar-refractivity contribution in [2.45, 2.75) is 38.4 Å². The molecule has 1 amide bonds. The average Bonchev–Trinajstić information content (AvgIpc) is 3.43. The van der Waals surface area contributed by atoms with E-state index in [0.29, 0.717) is 11.7 Å². The number of carbonyl (C=O) groups is 1. The molecule has 164 valence electrons. The van der Waals surface area contributed by atoms with E-state index >= 15 is 0 Å². The summed E-state index contributed by atoms with van der Waals surface area (Å²) < 4.78 is 2.06. The fourth-order valence-corrected chi connectivity index (χ4v) is 5.64. The Morgan fingerprint density at radius 1 is 1.23 bits per heavy atom. The minimum Gasteiger partial charge on any atom is -0.355 e. The van der Waals surface area contributed by atoms with Gasteiger partial charge in [-0.2, -0.15) is 0 Å². The van der Waals surface area contributed by atoms with Gasteiger partial charge in [0.2, 0.25) is 5.91 Å². The van der Waals surface area contributed by atoms with Gasteiger partial charge in [0.25, 0.3) is 0 Å². The molecule has 0 spiro atoms. The maximum Gasteiger partial charge on any atom is 0.230 e. The average molecular weight is 455 g/mol. The lowest BCUT2D eigenvalue weighted by Gasteiger charge is -2.31. The molecule has 31 heavy (non-hydrogen) atoms. The summed E-state index contributed by atoms with van der Waals surface area (Å²) in [5, 5.41) is 6.13. The monoisotopic (exact) mass is 454 g/mol. The van der Waals surface area contributed by atoms with Crippen LogP contribution in [0.25, 0.3) is 5.69 Å². The van der Waals surface area contributed by atoms with Crippen LogP contribution in [0.1, 0.15) is 28.8 Å². The van der Waals surface area contributed by atoms with E-state index in [1.807, 2.05) is 17.5 Å². The highest BCUT2D eigenvalue weighted by Crippen LogP contribution is 2.23. The number of piperidine rings is 1. The number of nitrogens with one attached hydrogen (secondary N) is 1. The second kappa shape index (κ2) is 10.5. The van der Waals surface area contributed by atoms with E-state index in [9.17, 15) is 4.79 Å². The lowest BCUT2D eigenvalue weighted by molar-refractivity contribution is -0.118. The van der Waals surface area contributed by atoms with Gasteiger partial charge in [-0.3, -0.25) is 14.3 Å². The minimum atomic E-state index is 0.0842. The highest BCUT2D eigenvalue weighted by molar-refractivity contribution is 7.99. The lowest BCUT2D eigenvalue weighted by atomic mass is 9.97. The molecule has 1 N–H and O–H groups in total. The van der Waals surface area contributed by atoms with E-state index in [1.54, 1.807) is 6.20 Å². The first-order valence-corrected chi connectivity index (χ1v) is 12.7. The van der Waals surface area contributed by atoms with Crippen molar-refractivity contribution in [2.24, 2.45) is 5.92 Å². The molecule has 3 aromatic rings. The van der Waals surface area contributed by atoms with Crippen molar-refractivity contribution in [3.8, 4) is 5.69 Å². The molecule has 0 bridgehead atoms. The molecule has 2 aromatic heterocycles. The first-order chi connectivity index (χ1) is 15.1. The maximum absolute atomic E-state index is 12.4. The number of carbonyl (C=O) groups excluding carboxylic acids is 1. The quantitative estimate of drug-likeness (QED) is 0.503. The van der Waals surface area contributed by atoms with Crippen LogP contribution in [0.4, 0.5) is 0 Å². The first-order valence-electron chi connectivity index (χ1n) is 10.8. The zero-order valence-electron chi connectivity index (χ0n) is 18.2. The molecular weight excluding hydrogens is 424 g/mol. The zero-order chi connectivity index (χ0) is 21.6. The lowest BCUT2D eigenvalue weighted by Crippen LogP contribution is -2.38. The van der Waals surface area contributed by atoms with Crippen molar-refractivity contribution in [3.05, 3.63) is 64.1 Å². The van der Waals surface area contributed by atoms with Crippen LogP contribution in [-0.2, 0) is 11.3 Å². The maximum atomic E-state index is 12.4. The van der Waals surface area contributed by atoms with E-state index in [1.165, 1.54) is 27.8 Å². The number of aryl methyl sites for hydroxylation is 2. The standard InChI is InChI=1S/C24H30N4OS2/c1-18-12-19(2)14-21(13-18)28-10-7-25-24(28)31-17-23(29)26-15-20-5-8-27(9-6-20)16-22-4-3-11-30-22/h3-4,7,10-14,20H,5-6,8-9,15-17H2,1-2H3,(H,26,29). The Morgan fingerprint density at radius 3 is 2.71 bits per heavy atom. The van der Waals surface area contributed by atoms with Gasteiger partial charge in [0.05, 0.1) is 5.75 Å². The molecule has 0 unspecified atom stereocenters.